The second-order valence-corrected chi connectivity index (χ2v) is 7.32. The van der Waals surface area contributed by atoms with Gasteiger partial charge in [-0.25, -0.2) is 4.21 Å². The molecule has 0 saturated carbocycles. The Labute approximate surface area is 135 Å². The highest BCUT2D eigenvalue weighted by Crippen LogP contribution is 2.27. The van der Waals surface area contributed by atoms with Crippen molar-refractivity contribution in [2.45, 2.75) is 43.9 Å². The largest absolute Gasteiger partial charge is 0.230 e. The first-order valence-electron chi connectivity index (χ1n) is 7.56. The molecule has 0 aliphatic heterocycles. The van der Waals surface area contributed by atoms with Crippen molar-refractivity contribution in [3.63, 3.8) is 0 Å². The molecule has 0 N–H and O–H groups in total. The van der Waals surface area contributed by atoms with E-state index in [1.807, 2.05) is 37.3 Å². The quantitative estimate of drug-likeness (QED) is 0.701. The Morgan fingerprint density at radius 1 is 1.05 bits per heavy atom. The van der Waals surface area contributed by atoms with Crippen LogP contribution in [0.25, 0.3) is 0 Å². The lowest BCUT2D eigenvalue weighted by molar-refractivity contribution is 0.493. The predicted molar refractivity (Wildman–Crippen MR) is 94.8 cm³/mol. The van der Waals surface area contributed by atoms with E-state index in [0.717, 1.165) is 23.3 Å². The predicted octanol–water partition coefficient (Wildman–Crippen LogP) is 4.85. The summed E-state index contributed by atoms with van der Waals surface area (Å²) < 4.78 is 16.2. The molecular formula is C19H23NOS. The Balaban J connectivity index is 1.90. The first kappa shape index (κ1) is 16.6. The van der Waals surface area contributed by atoms with Gasteiger partial charge >= 0.3 is 0 Å². The topological polar surface area (TPSA) is 29.4 Å². The first-order valence-corrected chi connectivity index (χ1v) is 8.66. The van der Waals surface area contributed by atoms with Crippen molar-refractivity contribution in [3.05, 3.63) is 65.7 Å². The van der Waals surface area contributed by atoms with Gasteiger partial charge in [0.25, 0.3) is 0 Å². The van der Waals surface area contributed by atoms with Gasteiger partial charge in [0.1, 0.15) is 0 Å². The fourth-order valence-corrected chi connectivity index (χ4v) is 3.03. The summed E-state index contributed by atoms with van der Waals surface area (Å²) in [4.78, 5) is 0.754. The molecule has 0 saturated heterocycles. The summed E-state index contributed by atoms with van der Waals surface area (Å²) in [6.07, 6.45) is 3.59. The Kier molecular flexibility index (Phi) is 5.67. The van der Waals surface area contributed by atoms with E-state index in [9.17, 15) is 4.21 Å². The molecule has 0 spiro atoms. The van der Waals surface area contributed by atoms with Gasteiger partial charge in [0.2, 0.25) is 0 Å². The Bertz CT molecular complexity index is 645. The summed E-state index contributed by atoms with van der Waals surface area (Å²) in [7, 11) is -1.29. The molecule has 0 heterocycles. The van der Waals surface area contributed by atoms with Crippen molar-refractivity contribution in [2.24, 2.45) is 4.40 Å². The number of hydrogen-bond acceptors (Lipinski definition) is 1. The molecule has 22 heavy (non-hydrogen) atoms. The SMILES string of the molecule is Cc1ccc([S@](=O)/N=C/CCC(C)(C)c2ccccc2)cc1. The lowest BCUT2D eigenvalue weighted by Crippen LogP contribution is -2.16. The zero-order chi connectivity index (χ0) is 16.0. The van der Waals surface area contributed by atoms with Crippen molar-refractivity contribution >= 4 is 17.2 Å². The summed E-state index contributed by atoms with van der Waals surface area (Å²) in [6, 6.07) is 18.1. The molecule has 0 aliphatic rings. The van der Waals surface area contributed by atoms with Crippen LogP contribution in [0.15, 0.2) is 63.9 Å². The summed E-state index contributed by atoms with van der Waals surface area (Å²) >= 11 is 0. The molecule has 2 aromatic rings. The molecule has 2 nitrogen and oxygen atoms in total. The van der Waals surface area contributed by atoms with Gasteiger partial charge in [0.15, 0.2) is 11.0 Å². The maximum atomic E-state index is 12.1. The monoisotopic (exact) mass is 313 g/mol. The number of benzene rings is 2. The van der Waals surface area contributed by atoms with E-state index in [0.29, 0.717) is 0 Å². The molecule has 2 aromatic carbocycles. The van der Waals surface area contributed by atoms with E-state index in [2.05, 4.69) is 42.5 Å². The number of hydrogen-bond donors (Lipinski definition) is 0. The fourth-order valence-electron chi connectivity index (χ4n) is 2.30. The van der Waals surface area contributed by atoms with Gasteiger partial charge in [0.05, 0.1) is 4.90 Å². The van der Waals surface area contributed by atoms with Gasteiger partial charge in [0, 0.05) is 6.21 Å². The minimum atomic E-state index is -1.29. The van der Waals surface area contributed by atoms with Crippen molar-refractivity contribution in [2.75, 3.05) is 0 Å². The molecule has 3 heteroatoms. The fraction of sp³-hybridized carbons (Fsp3) is 0.316. The minimum Gasteiger partial charge on any atom is -0.230 e. The minimum absolute atomic E-state index is 0.0959. The standard InChI is InChI=1S/C19H23NOS/c1-16-10-12-18(13-11-16)22(21)20-15-7-14-19(2,3)17-8-5-4-6-9-17/h4-6,8-13,15H,7,14H2,1-3H3/b20-15+/t22-/m0/s1. The van der Waals surface area contributed by atoms with E-state index in [4.69, 9.17) is 0 Å². The van der Waals surface area contributed by atoms with Gasteiger partial charge in [-0.3, -0.25) is 0 Å². The number of nitrogens with zero attached hydrogens (tertiary/aromatic N) is 1. The van der Waals surface area contributed by atoms with Gasteiger partial charge in [-0.05, 0) is 42.9 Å². The maximum absolute atomic E-state index is 12.1. The molecule has 116 valence electrons. The molecule has 0 unspecified atom stereocenters. The lowest BCUT2D eigenvalue weighted by atomic mass is 9.81. The summed E-state index contributed by atoms with van der Waals surface area (Å²) in [5.41, 5.74) is 2.58. The smallest absolute Gasteiger partial charge is 0.172 e. The second-order valence-electron chi connectivity index (χ2n) is 6.14. The van der Waals surface area contributed by atoms with Crippen LogP contribution in [0.2, 0.25) is 0 Å². The van der Waals surface area contributed by atoms with Crippen molar-refractivity contribution in [1.82, 2.24) is 0 Å². The van der Waals surface area contributed by atoms with Gasteiger partial charge in [-0.15, -0.1) is 0 Å². The second kappa shape index (κ2) is 7.50. The van der Waals surface area contributed by atoms with Crippen LogP contribution in [-0.4, -0.2) is 10.4 Å². The zero-order valence-electron chi connectivity index (χ0n) is 13.5. The Morgan fingerprint density at radius 2 is 1.68 bits per heavy atom. The van der Waals surface area contributed by atoms with Crippen molar-refractivity contribution in [1.29, 1.82) is 0 Å². The number of rotatable bonds is 6. The van der Waals surface area contributed by atoms with Crippen molar-refractivity contribution in [3.8, 4) is 0 Å². The molecule has 0 aromatic heterocycles. The third-order valence-corrected chi connectivity index (χ3v) is 4.86. The van der Waals surface area contributed by atoms with Gasteiger partial charge in [-0.1, -0.05) is 61.9 Å². The van der Waals surface area contributed by atoms with E-state index in [-0.39, 0.29) is 5.41 Å². The van der Waals surface area contributed by atoms with Crippen LogP contribution < -0.4 is 0 Å². The van der Waals surface area contributed by atoms with Crippen LogP contribution in [-0.2, 0) is 16.4 Å². The maximum Gasteiger partial charge on any atom is 0.172 e. The van der Waals surface area contributed by atoms with E-state index >= 15 is 0 Å². The normalized spacial score (nSPS) is 13.4. The molecule has 0 bridgehead atoms. The molecule has 0 aliphatic carbocycles. The van der Waals surface area contributed by atoms with Crippen molar-refractivity contribution < 1.29 is 4.21 Å². The number of aryl methyl sites for hydroxylation is 1. The molecule has 2 rings (SSSR count). The van der Waals surface area contributed by atoms with Crippen LogP contribution in [0.4, 0.5) is 0 Å². The Morgan fingerprint density at radius 3 is 2.32 bits per heavy atom. The first-order chi connectivity index (χ1) is 10.5. The van der Waals surface area contributed by atoms with E-state index < -0.39 is 11.0 Å². The Hall–Kier alpha value is -1.74. The van der Waals surface area contributed by atoms with Crippen LogP contribution in [0.3, 0.4) is 0 Å². The molecule has 0 fully saturated rings. The molecule has 0 amide bonds. The van der Waals surface area contributed by atoms with Gasteiger partial charge in [-0.2, -0.15) is 4.40 Å². The average Bonchev–Trinajstić information content (AvgIpc) is 2.53. The average molecular weight is 313 g/mol. The third-order valence-electron chi connectivity index (χ3n) is 3.85. The summed E-state index contributed by atoms with van der Waals surface area (Å²) in [5.74, 6) is 0. The molecular weight excluding hydrogens is 290 g/mol. The van der Waals surface area contributed by atoms with Crippen LogP contribution in [0, 0.1) is 6.92 Å². The van der Waals surface area contributed by atoms with Gasteiger partial charge < -0.3 is 0 Å². The summed E-state index contributed by atoms with van der Waals surface area (Å²) in [5, 5.41) is 0. The molecule has 0 radical (unpaired) electrons. The zero-order valence-corrected chi connectivity index (χ0v) is 14.3. The molecule has 1 atom stereocenters. The van der Waals surface area contributed by atoms with E-state index in [1.165, 1.54) is 5.56 Å². The highest BCUT2D eigenvalue weighted by Gasteiger charge is 2.18. The van der Waals surface area contributed by atoms with Crippen LogP contribution >= 0.6 is 0 Å². The van der Waals surface area contributed by atoms with Crippen LogP contribution in [0.5, 0.6) is 0 Å². The third kappa shape index (κ3) is 4.63. The van der Waals surface area contributed by atoms with E-state index in [1.54, 1.807) is 6.21 Å². The lowest BCUT2D eigenvalue weighted by Gasteiger charge is -2.24. The highest BCUT2D eigenvalue weighted by atomic mass is 32.2. The highest BCUT2D eigenvalue weighted by molar-refractivity contribution is 7.83. The van der Waals surface area contributed by atoms with Crippen LogP contribution in [0.1, 0.15) is 37.8 Å². The summed E-state index contributed by atoms with van der Waals surface area (Å²) in [6.45, 7) is 6.47.